The van der Waals surface area contributed by atoms with E-state index >= 15 is 0 Å². The van der Waals surface area contributed by atoms with E-state index in [0.29, 0.717) is 11.8 Å². The van der Waals surface area contributed by atoms with E-state index in [-0.39, 0.29) is 42.7 Å². The highest BCUT2D eigenvalue weighted by Gasteiger charge is 2.49. The molecule has 1 heterocycles. The number of halogens is 2. The van der Waals surface area contributed by atoms with Crippen LogP contribution in [0.3, 0.4) is 0 Å². The average molecular weight is 369 g/mol. The third kappa shape index (κ3) is 3.29. The van der Waals surface area contributed by atoms with E-state index in [0.717, 1.165) is 24.2 Å². The Hall–Kier alpha value is -1.56. The molecule has 4 atom stereocenters. The topological polar surface area (TPSA) is 72.9 Å². The summed E-state index contributed by atoms with van der Waals surface area (Å²) in [5, 5.41) is 3.05. The molecule has 0 aliphatic heterocycles. The number of nitrogens with one attached hydrogen (secondary N) is 1. The molecular formula is C17H22Cl2N4O. The van der Waals surface area contributed by atoms with Crippen LogP contribution in [0.4, 0.5) is 5.69 Å². The summed E-state index contributed by atoms with van der Waals surface area (Å²) in [6.45, 7) is 0. The van der Waals surface area contributed by atoms with Crippen molar-refractivity contribution in [2.45, 2.75) is 25.3 Å². The van der Waals surface area contributed by atoms with Gasteiger partial charge in [-0.2, -0.15) is 0 Å². The van der Waals surface area contributed by atoms with Gasteiger partial charge in [0, 0.05) is 29.8 Å². The van der Waals surface area contributed by atoms with Gasteiger partial charge >= 0.3 is 0 Å². The predicted molar refractivity (Wildman–Crippen MR) is 99.0 cm³/mol. The average Bonchev–Trinajstić information content (AvgIpc) is 3.24. The van der Waals surface area contributed by atoms with E-state index < -0.39 is 0 Å². The first kappa shape index (κ1) is 18.8. The molecule has 2 fully saturated rings. The number of rotatable bonds is 3. The van der Waals surface area contributed by atoms with Gasteiger partial charge in [-0.3, -0.25) is 4.79 Å². The standard InChI is InChI=1S/C17H20N4O.2ClH/c18-16-12-5-4-11(8-12)15(16)17(22)20-13-2-1-3-14(9-13)21-7-6-19-10-21;;/h1-3,6-7,9-12,15-16H,4-5,8,18H2,(H,20,22);2*1H. The molecule has 0 saturated heterocycles. The van der Waals surface area contributed by atoms with Crippen LogP contribution in [0.2, 0.25) is 0 Å². The summed E-state index contributed by atoms with van der Waals surface area (Å²) >= 11 is 0. The summed E-state index contributed by atoms with van der Waals surface area (Å²) in [7, 11) is 0. The number of hydrogen-bond acceptors (Lipinski definition) is 3. The Morgan fingerprint density at radius 3 is 2.71 bits per heavy atom. The smallest absolute Gasteiger partial charge is 0.229 e. The Bertz CT molecular complexity index is 690. The van der Waals surface area contributed by atoms with Crippen LogP contribution in [0, 0.1) is 17.8 Å². The van der Waals surface area contributed by atoms with Crippen molar-refractivity contribution in [3.05, 3.63) is 43.0 Å². The Labute approximate surface area is 153 Å². The first-order valence-electron chi connectivity index (χ1n) is 7.87. The maximum atomic E-state index is 12.6. The van der Waals surface area contributed by atoms with Crippen molar-refractivity contribution in [3.8, 4) is 5.69 Å². The van der Waals surface area contributed by atoms with Gasteiger partial charge in [0.15, 0.2) is 0 Å². The van der Waals surface area contributed by atoms with E-state index in [2.05, 4.69) is 10.3 Å². The molecule has 3 N–H and O–H groups in total. The highest BCUT2D eigenvalue weighted by molar-refractivity contribution is 5.93. The van der Waals surface area contributed by atoms with Crippen LogP contribution in [0.5, 0.6) is 0 Å². The molecule has 0 spiro atoms. The maximum absolute atomic E-state index is 12.6. The second-order valence-electron chi connectivity index (χ2n) is 6.45. The molecule has 2 aromatic rings. The molecule has 7 heteroatoms. The Balaban J connectivity index is 0.00000104. The fourth-order valence-corrected chi connectivity index (χ4v) is 4.11. The van der Waals surface area contributed by atoms with Gasteiger partial charge < -0.3 is 15.6 Å². The molecule has 0 radical (unpaired) electrons. The molecule has 2 aliphatic rings. The number of anilines is 1. The van der Waals surface area contributed by atoms with Crippen molar-refractivity contribution in [2.24, 2.45) is 23.5 Å². The number of imidazole rings is 1. The summed E-state index contributed by atoms with van der Waals surface area (Å²) in [5.41, 5.74) is 8.04. The van der Waals surface area contributed by atoms with Crippen molar-refractivity contribution in [1.82, 2.24) is 9.55 Å². The normalized spacial score (nSPS) is 27.2. The predicted octanol–water partition coefficient (Wildman–Crippen LogP) is 3.03. The van der Waals surface area contributed by atoms with E-state index in [1.54, 1.807) is 12.5 Å². The summed E-state index contributed by atoms with van der Waals surface area (Å²) in [6, 6.07) is 7.82. The second-order valence-corrected chi connectivity index (χ2v) is 6.45. The molecular weight excluding hydrogens is 347 g/mol. The van der Waals surface area contributed by atoms with Crippen molar-refractivity contribution in [2.75, 3.05) is 5.32 Å². The third-order valence-electron chi connectivity index (χ3n) is 5.20. The Morgan fingerprint density at radius 2 is 2.04 bits per heavy atom. The first-order valence-corrected chi connectivity index (χ1v) is 7.87. The Morgan fingerprint density at radius 1 is 1.25 bits per heavy atom. The number of nitrogens with zero attached hydrogens (tertiary/aromatic N) is 2. The van der Waals surface area contributed by atoms with Crippen LogP contribution in [0.15, 0.2) is 43.0 Å². The fourth-order valence-electron chi connectivity index (χ4n) is 4.11. The lowest BCUT2D eigenvalue weighted by Crippen LogP contribution is -2.42. The number of benzene rings is 1. The SMILES string of the molecule is Cl.Cl.NC1C2CCC(C2)C1C(=O)Nc1cccc(-n2ccnc2)c1. The summed E-state index contributed by atoms with van der Waals surface area (Å²) < 4.78 is 1.92. The zero-order chi connectivity index (χ0) is 15.1. The number of fused-ring (bicyclic) bond motifs is 2. The van der Waals surface area contributed by atoms with Crippen molar-refractivity contribution in [3.63, 3.8) is 0 Å². The number of nitrogens with two attached hydrogens (primary N) is 1. The molecule has 5 nitrogen and oxygen atoms in total. The molecule has 1 aromatic heterocycles. The van der Waals surface area contributed by atoms with Gasteiger partial charge in [0.1, 0.15) is 0 Å². The lowest BCUT2D eigenvalue weighted by Gasteiger charge is -2.27. The minimum atomic E-state index is -0.0318. The van der Waals surface area contributed by atoms with Crippen LogP contribution < -0.4 is 11.1 Å². The molecule has 1 amide bonds. The molecule has 4 rings (SSSR count). The number of carbonyl (C=O) groups excluding carboxylic acids is 1. The van der Waals surface area contributed by atoms with E-state index in [9.17, 15) is 4.79 Å². The quantitative estimate of drug-likeness (QED) is 0.874. The molecule has 24 heavy (non-hydrogen) atoms. The number of carbonyl (C=O) groups is 1. The largest absolute Gasteiger partial charge is 0.327 e. The minimum absolute atomic E-state index is 0. The second kappa shape index (κ2) is 7.55. The van der Waals surface area contributed by atoms with Gasteiger partial charge in [-0.1, -0.05) is 6.07 Å². The molecule has 130 valence electrons. The van der Waals surface area contributed by atoms with Crippen molar-refractivity contribution >= 4 is 36.4 Å². The number of hydrogen-bond donors (Lipinski definition) is 2. The minimum Gasteiger partial charge on any atom is -0.327 e. The van der Waals surface area contributed by atoms with Crippen molar-refractivity contribution in [1.29, 1.82) is 0 Å². The lowest BCUT2D eigenvalue weighted by atomic mass is 9.84. The van der Waals surface area contributed by atoms with Gasteiger partial charge in [0.2, 0.25) is 5.91 Å². The number of aromatic nitrogens is 2. The first-order chi connectivity index (χ1) is 10.7. The molecule has 2 bridgehead atoms. The van der Waals surface area contributed by atoms with Crippen molar-refractivity contribution < 1.29 is 4.79 Å². The zero-order valence-corrected chi connectivity index (χ0v) is 14.8. The monoisotopic (exact) mass is 368 g/mol. The maximum Gasteiger partial charge on any atom is 0.229 e. The molecule has 1 aromatic carbocycles. The van der Waals surface area contributed by atoms with Gasteiger partial charge in [0.05, 0.1) is 12.2 Å². The Kier molecular flexibility index (Phi) is 5.91. The highest BCUT2D eigenvalue weighted by Crippen LogP contribution is 2.47. The van der Waals surface area contributed by atoms with E-state index in [4.69, 9.17) is 5.73 Å². The molecule has 2 saturated carbocycles. The molecule has 2 aliphatic carbocycles. The van der Waals surface area contributed by atoms with E-state index in [1.165, 1.54) is 6.42 Å². The van der Waals surface area contributed by atoms with Crippen LogP contribution in [-0.2, 0) is 4.79 Å². The summed E-state index contributed by atoms with van der Waals surface area (Å²) in [5.74, 6) is 1.05. The third-order valence-corrected chi connectivity index (χ3v) is 5.20. The van der Waals surface area contributed by atoms with E-state index in [1.807, 2.05) is 35.0 Å². The zero-order valence-electron chi connectivity index (χ0n) is 13.2. The number of amides is 1. The lowest BCUT2D eigenvalue weighted by molar-refractivity contribution is -0.121. The van der Waals surface area contributed by atoms with Crippen LogP contribution in [-0.4, -0.2) is 21.5 Å². The van der Waals surface area contributed by atoms with Gasteiger partial charge in [-0.05, 0) is 49.3 Å². The van der Waals surface area contributed by atoms with Gasteiger partial charge in [0.25, 0.3) is 0 Å². The van der Waals surface area contributed by atoms with Gasteiger partial charge in [-0.25, -0.2) is 4.98 Å². The fraction of sp³-hybridized carbons (Fsp3) is 0.412. The molecule has 4 unspecified atom stereocenters. The van der Waals surface area contributed by atoms with Crippen LogP contribution in [0.25, 0.3) is 5.69 Å². The summed E-state index contributed by atoms with van der Waals surface area (Å²) in [6.07, 6.45) is 8.81. The summed E-state index contributed by atoms with van der Waals surface area (Å²) in [4.78, 5) is 16.6. The van der Waals surface area contributed by atoms with Crippen LogP contribution in [0.1, 0.15) is 19.3 Å². The van der Waals surface area contributed by atoms with Gasteiger partial charge in [-0.15, -0.1) is 24.8 Å². The van der Waals surface area contributed by atoms with Crippen LogP contribution >= 0.6 is 24.8 Å². The highest BCUT2D eigenvalue weighted by atomic mass is 35.5.